The van der Waals surface area contributed by atoms with Crippen LogP contribution in [0.15, 0.2) is 18.2 Å². The summed E-state index contributed by atoms with van der Waals surface area (Å²) < 4.78 is 19.5. The molecule has 2 atom stereocenters. The Balaban J connectivity index is 2.27. The Morgan fingerprint density at radius 2 is 2.41 bits per heavy atom. The number of ether oxygens (including phenoxy) is 1. The number of nitrogens with one attached hydrogen (secondary N) is 1. The van der Waals surface area contributed by atoms with Crippen LogP contribution in [0.2, 0.25) is 5.02 Å². The number of likely N-dealkylation sites (N-methyl/N-ethyl adjacent to an activating group) is 1. The van der Waals surface area contributed by atoms with Crippen LogP contribution >= 0.6 is 23.4 Å². The minimum Gasteiger partial charge on any atom is -0.375 e. The van der Waals surface area contributed by atoms with Crippen molar-refractivity contribution in [1.29, 1.82) is 0 Å². The number of benzene rings is 1. The molecule has 0 bridgehead atoms. The highest BCUT2D eigenvalue weighted by Gasteiger charge is 2.28. The van der Waals surface area contributed by atoms with Gasteiger partial charge in [-0.25, -0.2) is 4.39 Å². The van der Waals surface area contributed by atoms with E-state index in [9.17, 15) is 4.39 Å². The molecule has 1 aliphatic rings. The van der Waals surface area contributed by atoms with Crippen LogP contribution in [0.4, 0.5) is 4.39 Å². The normalized spacial score (nSPS) is 22.4. The van der Waals surface area contributed by atoms with Crippen LogP contribution in [-0.4, -0.2) is 31.3 Å². The highest BCUT2D eigenvalue weighted by atomic mass is 35.5. The standard InChI is InChI=1S/C12H15ClFNOS/c1-15-12(10-7-17-6-5-16-10)11-8(13)3-2-4-9(11)14/h2-4,10,12,15H,5-7H2,1H3. The monoisotopic (exact) mass is 275 g/mol. The number of thioether (sulfide) groups is 1. The fourth-order valence-electron chi connectivity index (χ4n) is 2.02. The zero-order valence-corrected chi connectivity index (χ0v) is 11.2. The third-order valence-corrected chi connectivity index (χ3v) is 4.18. The fourth-order valence-corrected chi connectivity index (χ4v) is 3.20. The minimum atomic E-state index is -0.281. The van der Waals surface area contributed by atoms with Crippen molar-refractivity contribution in [2.45, 2.75) is 12.1 Å². The molecule has 0 saturated carbocycles. The molecule has 1 fully saturated rings. The summed E-state index contributed by atoms with van der Waals surface area (Å²) in [5.41, 5.74) is 0.504. The van der Waals surface area contributed by atoms with E-state index >= 15 is 0 Å². The molecule has 0 aliphatic carbocycles. The van der Waals surface area contributed by atoms with E-state index in [1.165, 1.54) is 6.07 Å². The second-order valence-electron chi connectivity index (χ2n) is 3.89. The molecule has 2 nitrogen and oxygen atoms in total. The second-order valence-corrected chi connectivity index (χ2v) is 5.44. The van der Waals surface area contributed by atoms with Crippen LogP contribution in [0.25, 0.3) is 0 Å². The SMILES string of the molecule is CNC(c1c(F)cccc1Cl)C1CSCCO1. The van der Waals surface area contributed by atoms with Gasteiger partial charge >= 0.3 is 0 Å². The highest BCUT2D eigenvalue weighted by Crippen LogP contribution is 2.31. The van der Waals surface area contributed by atoms with E-state index in [1.807, 2.05) is 11.8 Å². The van der Waals surface area contributed by atoms with Gasteiger partial charge < -0.3 is 10.1 Å². The maximum Gasteiger partial charge on any atom is 0.129 e. The predicted molar refractivity (Wildman–Crippen MR) is 70.3 cm³/mol. The number of hydrogen-bond acceptors (Lipinski definition) is 3. The van der Waals surface area contributed by atoms with E-state index in [-0.39, 0.29) is 18.0 Å². The molecular formula is C12H15ClFNOS. The van der Waals surface area contributed by atoms with Crippen molar-refractivity contribution < 1.29 is 9.13 Å². The lowest BCUT2D eigenvalue weighted by atomic mass is 10.0. The molecule has 0 aromatic heterocycles. The van der Waals surface area contributed by atoms with Crippen molar-refractivity contribution in [1.82, 2.24) is 5.32 Å². The molecule has 0 radical (unpaired) electrons. The fraction of sp³-hybridized carbons (Fsp3) is 0.500. The quantitative estimate of drug-likeness (QED) is 0.917. The van der Waals surface area contributed by atoms with E-state index < -0.39 is 0 Å². The van der Waals surface area contributed by atoms with Gasteiger partial charge in [0.2, 0.25) is 0 Å². The first-order valence-electron chi connectivity index (χ1n) is 5.54. The van der Waals surface area contributed by atoms with Gasteiger partial charge in [-0.2, -0.15) is 11.8 Å². The molecule has 5 heteroatoms. The van der Waals surface area contributed by atoms with Crippen LogP contribution in [0, 0.1) is 5.82 Å². The molecule has 0 amide bonds. The molecule has 1 aromatic carbocycles. The van der Waals surface area contributed by atoms with E-state index in [1.54, 1.807) is 19.2 Å². The lowest BCUT2D eigenvalue weighted by Crippen LogP contribution is -2.37. The van der Waals surface area contributed by atoms with Gasteiger partial charge in [0, 0.05) is 22.1 Å². The molecule has 2 rings (SSSR count). The maximum atomic E-state index is 13.9. The Kier molecular flexibility index (Phi) is 4.68. The van der Waals surface area contributed by atoms with Crippen LogP contribution in [-0.2, 0) is 4.74 Å². The second kappa shape index (κ2) is 6.05. The Hall–Kier alpha value is -0.290. The molecule has 1 N–H and O–H groups in total. The average molecular weight is 276 g/mol. The Bertz CT molecular complexity index is 365. The van der Waals surface area contributed by atoms with Crippen molar-refractivity contribution >= 4 is 23.4 Å². The first-order chi connectivity index (χ1) is 8.24. The maximum absolute atomic E-state index is 13.9. The lowest BCUT2D eigenvalue weighted by Gasteiger charge is -2.30. The van der Waals surface area contributed by atoms with Crippen LogP contribution < -0.4 is 5.32 Å². The van der Waals surface area contributed by atoms with Crippen molar-refractivity contribution in [2.24, 2.45) is 0 Å². The van der Waals surface area contributed by atoms with E-state index in [2.05, 4.69) is 5.32 Å². The predicted octanol–water partition coefficient (Wildman–Crippen LogP) is 2.87. The summed E-state index contributed by atoms with van der Waals surface area (Å²) in [5.74, 6) is 1.57. The van der Waals surface area contributed by atoms with Crippen LogP contribution in [0.3, 0.4) is 0 Å². The summed E-state index contributed by atoms with van der Waals surface area (Å²) in [6.07, 6.45) is -0.0341. The van der Waals surface area contributed by atoms with Gasteiger partial charge in [-0.3, -0.25) is 0 Å². The molecule has 1 heterocycles. The first-order valence-corrected chi connectivity index (χ1v) is 7.08. The summed E-state index contributed by atoms with van der Waals surface area (Å²) in [5, 5.41) is 3.55. The third kappa shape index (κ3) is 2.94. The zero-order chi connectivity index (χ0) is 12.3. The van der Waals surface area contributed by atoms with E-state index in [0.29, 0.717) is 17.2 Å². The molecule has 1 aromatic rings. The Morgan fingerprint density at radius 1 is 1.59 bits per heavy atom. The van der Waals surface area contributed by atoms with Gasteiger partial charge in [-0.05, 0) is 19.2 Å². The first kappa shape index (κ1) is 13.1. The molecule has 0 spiro atoms. The largest absolute Gasteiger partial charge is 0.375 e. The van der Waals surface area contributed by atoms with Crippen LogP contribution in [0.5, 0.6) is 0 Å². The Labute approximate surface area is 110 Å². The smallest absolute Gasteiger partial charge is 0.129 e. The summed E-state index contributed by atoms with van der Waals surface area (Å²) in [6.45, 7) is 0.708. The zero-order valence-electron chi connectivity index (χ0n) is 9.58. The van der Waals surface area contributed by atoms with Crippen LogP contribution in [0.1, 0.15) is 11.6 Å². The van der Waals surface area contributed by atoms with Gasteiger partial charge in [0.05, 0.1) is 18.8 Å². The van der Waals surface area contributed by atoms with Gasteiger partial charge in [-0.15, -0.1) is 0 Å². The average Bonchev–Trinajstić information content (AvgIpc) is 2.35. The summed E-state index contributed by atoms with van der Waals surface area (Å²) in [4.78, 5) is 0. The van der Waals surface area contributed by atoms with Gasteiger partial charge in [0.15, 0.2) is 0 Å². The highest BCUT2D eigenvalue weighted by molar-refractivity contribution is 7.99. The van der Waals surface area contributed by atoms with Gasteiger partial charge in [0.25, 0.3) is 0 Å². The third-order valence-electron chi connectivity index (χ3n) is 2.84. The van der Waals surface area contributed by atoms with Crippen molar-refractivity contribution in [3.8, 4) is 0 Å². The van der Waals surface area contributed by atoms with Crippen molar-refractivity contribution in [3.05, 3.63) is 34.6 Å². The van der Waals surface area contributed by atoms with Crippen molar-refractivity contribution in [2.75, 3.05) is 25.2 Å². The molecule has 1 aliphatic heterocycles. The molecule has 17 heavy (non-hydrogen) atoms. The van der Waals surface area contributed by atoms with E-state index in [0.717, 1.165) is 11.5 Å². The number of halogens is 2. The summed E-state index contributed by atoms with van der Waals surface area (Å²) in [7, 11) is 1.80. The summed E-state index contributed by atoms with van der Waals surface area (Å²) >= 11 is 7.90. The molecule has 1 saturated heterocycles. The van der Waals surface area contributed by atoms with Gasteiger partial charge in [0.1, 0.15) is 5.82 Å². The van der Waals surface area contributed by atoms with Crippen molar-refractivity contribution in [3.63, 3.8) is 0 Å². The topological polar surface area (TPSA) is 21.3 Å². The van der Waals surface area contributed by atoms with Gasteiger partial charge in [-0.1, -0.05) is 17.7 Å². The number of rotatable bonds is 3. The molecule has 2 unspecified atom stereocenters. The molecule has 94 valence electrons. The number of hydrogen-bond donors (Lipinski definition) is 1. The van der Waals surface area contributed by atoms with E-state index in [4.69, 9.17) is 16.3 Å². The minimum absolute atomic E-state index is 0.0341. The lowest BCUT2D eigenvalue weighted by molar-refractivity contribution is 0.0479. The Morgan fingerprint density at radius 3 is 3.00 bits per heavy atom. The molecular weight excluding hydrogens is 261 g/mol. The summed E-state index contributed by atoms with van der Waals surface area (Å²) in [6, 6.07) is 4.56.